The fraction of sp³-hybridized carbons (Fsp3) is 0.200. The summed E-state index contributed by atoms with van der Waals surface area (Å²) in [5.74, 6) is 0.797. The molecule has 0 aliphatic heterocycles. The van der Waals surface area contributed by atoms with Gasteiger partial charge in [-0.3, -0.25) is 0 Å². The summed E-state index contributed by atoms with van der Waals surface area (Å²) in [6.45, 7) is 0. The first-order valence-corrected chi connectivity index (χ1v) is 5.91. The van der Waals surface area contributed by atoms with E-state index in [0.29, 0.717) is 5.69 Å². The van der Waals surface area contributed by atoms with Crippen LogP contribution in [0, 0.1) is 0 Å². The molecule has 0 fully saturated rings. The Morgan fingerprint density at radius 3 is 2.12 bits per heavy atom. The number of para-hydroxylation sites is 2. The van der Waals surface area contributed by atoms with Crippen LogP contribution in [0.4, 0.5) is 5.69 Å². The number of rotatable bonds is 2. The van der Waals surface area contributed by atoms with Gasteiger partial charge in [0.25, 0.3) is 0 Å². The molecule has 0 unspecified atom stereocenters. The largest absolute Gasteiger partial charge is 0.488 e. The second-order valence-corrected chi connectivity index (χ2v) is 4.45. The number of benzene rings is 2. The molecule has 17 heavy (non-hydrogen) atoms. The lowest BCUT2D eigenvalue weighted by Crippen LogP contribution is -2.16. The molecular weight excluding hydrogens is 210 g/mol. The lowest BCUT2D eigenvalue weighted by atomic mass is 10.1. The van der Waals surface area contributed by atoms with Crippen LogP contribution in [-0.4, -0.2) is 6.10 Å². The highest BCUT2D eigenvalue weighted by molar-refractivity contribution is 5.52. The van der Waals surface area contributed by atoms with Gasteiger partial charge in [0.05, 0.1) is 5.69 Å². The minimum Gasteiger partial charge on any atom is -0.488 e. The van der Waals surface area contributed by atoms with Crippen LogP contribution in [0.25, 0.3) is 0 Å². The predicted molar refractivity (Wildman–Crippen MR) is 69.1 cm³/mol. The highest BCUT2D eigenvalue weighted by Gasteiger charge is 2.22. The molecule has 2 aromatic rings. The highest BCUT2D eigenvalue weighted by atomic mass is 16.5. The van der Waals surface area contributed by atoms with Crippen molar-refractivity contribution < 1.29 is 4.74 Å². The topological polar surface area (TPSA) is 35.2 Å². The van der Waals surface area contributed by atoms with Crippen molar-refractivity contribution >= 4 is 5.69 Å². The van der Waals surface area contributed by atoms with Gasteiger partial charge in [-0.25, -0.2) is 0 Å². The maximum atomic E-state index is 5.96. The average molecular weight is 225 g/mol. The molecule has 86 valence electrons. The molecule has 2 aromatic carbocycles. The molecule has 1 aliphatic carbocycles. The Kier molecular flexibility index (Phi) is 2.48. The number of ether oxygens (including phenoxy) is 1. The van der Waals surface area contributed by atoms with Gasteiger partial charge in [0.15, 0.2) is 0 Å². The molecule has 0 amide bonds. The fourth-order valence-corrected chi connectivity index (χ4v) is 2.37. The minimum atomic E-state index is 0.220. The van der Waals surface area contributed by atoms with Crippen molar-refractivity contribution in [3.05, 3.63) is 59.7 Å². The predicted octanol–water partition coefficient (Wildman–Crippen LogP) is 2.82. The summed E-state index contributed by atoms with van der Waals surface area (Å²) < 4.78 is 5.96. The molecule has 0 saturated carbocycles. The van der Waals surface area contributed by atoms with E-state index in [1.807, 2.05) is 24.3 Å². The summed E-state index contributed by atoms with van der Waals surface area (Å²) in [4.78, 5) is 0. The summed E-state index contributed by atoms with van der Waals surface area (Å²) >= 11 is 0. The minimum absolute atomic E-state index is 0.220. The van der Waals surface area contributed by atoms with Crippen molar-refractivity contribution in [2.75, 3.05) is 5.73 Å². The van der Waals surface area contributed by atoms with Gasteiger partial charge in [-0.05, 0) is 23.3 Å². The Hall–Kier alpha value is -1.96. The van der Waals surface area contributed by atoms with E-state index >= 15 is 0 Å². The van der Waals surface area contributed by atoms with Gasteiger partial charge < -0.3 is 10.5 Å². The van der Waals surface area contributed by atoms with E-state index in [9.17, 15) is 0 Å². The molecule has 2 nitrogen and oxygen atoms in total. The Morgan fingerprint density at radius 1 is 0.882 bits per heavy atom. The molecule has 2 N–H and O–H groups in total. The lowest BCUT2D eigenvalue weighted by Gasteiger charge is -2.14. The second-order valence-electron chi connectivity index (χ2n) is 4.45. The van der Waals surface area contributed by atoms with Gasteiger partial charge in [-0.15, -0.1) is 0 Å². The number of hydrogen-bond donors (Lipinski definition) is 1. The lowest BCUT2D eigenvalue weighted by molar-refractivity contribution is 0.215. The number of nitrogens with two attached hydrogens (primary N) is 1. The van der Waals surface area contributed by atoms with Crippen LogP contribution in [0.5, 0.6) is 5.75 Å². The van der Waals surface area contributed by atoms with E-state index in [0.717, 1.165) is 18.6 Å². The quantitative estimate of drug-likeness (QED) is 0.798. The Bertz CT molecular complexity index is 511. The van der Waals surface area contributed by atoms with Crippen LogP contribution in [0.3, 0.4) is 0 Å². The molecular formula is C15H15NO. The Morgan fingerprint density at radius 2 is 1.47 bits per heavy atom. The molecule has 0 spiro atoms. The van der Waals surface area contributed by atoms with Gasteiger partial charge in [0.2, 0.25) is 0 Å². The third kappa shape index (κ3) is 1.98. The van der Waals surface area contributed by atoms with Gasteiger partial charge in [0.1, 0.15) is 11.9 Å². The standard InChI is InChI=1S/C15H15NO/c16-14-7-3-4-8-15(14)17-13-9-11-5-1-2-6-12(11)10-13/h1-8,13H,9-10,16H2. The monoisotopic (exact) mass is 225 g/mol. The van der Waals surface area contributed by atoms with Crippen LogP contribution in [-0.2, 0) is 12.8 Å². The zero-order chi connectivity index (χ0) is 11.7. The van der Waals surface area contributed by atoms with E-state index in [1.165, 1.54) is 11.1 Å². The van der Waals surface area contributed by atoms with Crippen LogP contribution in [0.2, 0.25) is 0 Å². The van der Waals surface area contributed by atoms with Crippen molar-refractivity contribution in [2.24, 2.45) is 0 Å². The van der Waals surface area contributed by atoms with Gasteiger partial charge >= 0.3 is 0 Å². The third-order valence-corrected chi connectivity index (χ3v) is 3.23. The first-order valence-electron chi connectivity index (χ1n) is 5.91. The molecule has 0 heterocycles. The van der Waals surface area contributed by atoms with Gasteiger partial charge in [0, 0.05) is 12.8 Å². The summed E-state index contributed by atoms with van der Waals surface area (Å²) in [7, 11) is 0. The molecule has 0 aromatic heterocycles. The first kappa shape index (κ1) is 10.2. The van der Waals surface area contributed by atoms with Crippen molar-refractivity contribution in [2.45, 2.75) is 18.9 Å². The summed E-state index contributed by atoms with van der Waals surface area (Å²) in [5.41, 5.74) is 9.38. The molecule has 0 atom stereocenters. The summed E-state index contributed by atoms with van der Waals surface area (Å²) in [5, 5.41) is 0. The third-order valence-electron chi connectivity index (χ3n) is 3.23. The van der Waals surface area contributed by atoms with Crippen molar-refractivity contribution in [1.82, 2.24) is 0 Å². The maximum Gasteiger partial charge on any atom is 0.142 e. The molecule has 1 aliphatic rings. The number of anilines is 1. The van der Waals surface area contributed by atoms with Crippen molar-refractivity contribution in [3.63, 3.8) is 0 Å². The number of nitrogen functional groups attached to an aromatic ring is 1. The van der Waals surface area contributed by atoms with E-state index in [2.05, 4.69) is 24.3 Å². The molecule has 2 heteroatoms. The van der Waals surface area contributed by atoms with Gasteiger partial charge in [-0.2, -0.15) is 0 Å². The zero-order valence-electron chi connectivity index (χ0n) is 9.60. The van der Waals surface area contributed by atoms with E-state index in [1.54, 1.807) is 0 Å². The molecule has 0 saturated heterocycles. The molecule has 3 rings (SSSR count). The Balaban J connectivity index is 1.76. The van der Waals surface area contributed by atoms with E-state index < -0.39 is 0 Å². The maximum absolute atomic E-state index is 5.96. The molecule has 0 bridgehead atoms. The average Bonchev–Trinajstić information content (AvgIpc) is 2.74. The van der Waals surface area contributed by atoms with Crippen molar-refractivity contribution in [3.8, 4) is 5.75 Å². The van der Waals surface area contributed by atoms with Crippen LogP contribution >= 0.6 is 0 Å². The SMILES string of the molecule is Nc1ccccc1OC1Cc2ccccc2C1. The smallest absolute Gasteiger partial charge is 0.142 e. The second kappa shape index (κ2) is 4.13. The Labute approximate surface area is 101 Å². The first-order chi connectivity index (χ1) is 8.33. The summed E-state index contributed by atoms with van der Waals surface area (Å²) in [6, 6.07) is 16.2. The van der Waals surface area contributed by atoms with Gasteiger partial charge in [-0.1, -0.05) is 36.4 Å². The van der Waals surface area contributed by atoms with Crippen LogP contribution in [0.1, 0.15) is 11.1 Å². The van der Waals surface area contributed by atoms with E-state index in [4.69, 9.17) is 10.5 Å². The highest BCUT2D eigenvalue weighted by Crippen LogP contribution is 2.28. The van der Waals surface area contributed by atoms with Crippen molar-refractivity contribution in [1.29, 1.82) is 0 Å². The fourth-order valence-electron chi connectivity index (χ4n) is 2.37. The van der Waals surface area contributed by atoms with Crippen LogP contribution < -0.4 is 10.5 Å². The normalized spacial score (nSPS) is 14.6. The zero-order valence-corrected chi connectivity index (χ0v) is 9.60. The van der Waals surface area contributed by atoms with E-state index in [-0.39, 0.29) is 6.10 Å². The molecule has 0 radical (unpaired) electrons. The number of fused-ring (bicyclic) bond motifs is 1. The van der Waals surface area contributed by atoms with Crippen LogP contribution in [0.15, 0.2) is 48.5 Å². The summed E-state index contributed by atoms with van der Waals surface area (Å²) in [6.07, 6.45) is 2.17. The number of hydrogen-bond acceptors (Lipinski definition) is 2.